The van der Waals surface area contributed by atoms with Gasteiger partial charge in [0.15, 0.2) is 5.65 Å². The van der Waals surface area contributed by atoms with Crippen LogP contribution in [0.1, 0.15) is 5.56 Å². The number of aromatic nitrogens is 2. The average Bonchev–Trinajstić information content (AvgIpc) is 2.85. The van der Waals surface area contributed by atoms with E-state index < -0.39 is 10.0 Å². The van der Waals surface area contributed by atoms with Gasteiger partial charge in [-0.2, -0.15) is 0 Å². The average molecular weight is 444 g/mol. The van der Waals surface area contributed by atoms with E-state index in [1.165, 1.54) is 3.97 Å². The van der Waals surface area contributed by atoms with Crippen molar-refractivity contribution in [2.24, 2.45) is 0 Å². The number of pyridine rings is 1. The summed E-state index contributed by atoms with van der Waals surface area (Å²) >= 11 is 3.72. The lowest BCUT2D eigenvalue weighted by Gasteiger charge is -2.07. The standard InChI is InChI=1S/C15H13IN2O2S2/c1-10-3-5-12(6-4-10)22(19,20)18-9-14(16)13-7-11(21-2)8-17-15(13)18/h3-9H,1-2H3. The van der Waals surface area contributed by atoms with Crippen LogP contribution in [0.25, 0.3) is 11.0 Å². The van der Waals surface area contributed by atoms with Gasteiger partial charge in [-0.1, -0.05) is 17.7 Å². The lowest BCUT2D eigenvalue weighted by atomic mass is 10.2. The van der Waals surface area contributed by atoms with Crippen LogP contribution >= 0.6 is 34.4 Å². The summed E-state index contributed by atoms with van der Waals surface area (Å²) in [5.41, 5.74) is 1.48. The fourth-order valence-corrected chi connectivity index (χ4v) is 4.72. The number of thioether (sulfide) groups is 1. The van der Waals surface area contributed by atoms with Crippen LogP contribution in [0, 0.1) is 10.5 Å². The van der Waals surface area contributed by atoms with Gasteiger partial charge in [0.05, 0.1) is 4.90 Å². The number of benzene rings is 1. The van der Waals surface area contributed by atoms with Gasteiger partial charge in [0.1, 0.15) is 0 Å². The summed E-state index contributed by atoms with van der Waals surface area (Å²) in [5.74, 6) is 0. The zero-order chi connectivity index (χ0) is 15.9. The number of aryl methyl sites for hydroxylation is 1. The molecule has 3 rings (SSSR count). The van der Waals surface area contributed by atoms with Crippen LogP contribution in [0.3, 0.4) is 0 Å². The molecule has 0 amide bonds. The number of nitrogens with zero attached hydrogens (tertiary/aromatic N) is 2. The van der Waals surface area contributed by atoms with E-state index in [-0.39, 0.29) is 4.90 Å². The summed E-state index contributed by atoms with van der Waals surface area (Å²) in [6.45, 7) is 1.93. The van der Waals surface area contributed by atoms with E-state index in [1.54, 1.807) is 48.4 Å². The maximum atomic E-state index is 12.8. The first kappa shape index (κ1) is 15.8. The van der Waals surface area contributed by atoms with Gasteiger partial charge in [-0.3, -0.25) is 0 Å². The molecule has 114 valence electrons. The molecule has 3 aromatic rings. The maximum Gasteiger partial charge on any atom is 0.269 e. The summed E-state index contributed by atoms with van der Waals surface area (Å²) in [7, 11) is -3.64. The molecule has 7 heteroatoms. The number of rotatable bonds is 3. The summed E-state index contributed by atoms with van der Waals surface area (Å²) in [4.78, 5) is 5.62. The quantitative estimate of drug-likeness (QED) is 0.454. The number of halogens is 1. The molecule has 0 spiro atoms. The molecule has 2 aromatic heterocycles. The normalized spacial score (nSPS) is 12.0. The second-order valence-electron chi connectivity index (χ2n) is 4.84. The molecular weight excluding hydrogens is 431 g/mol. The molecule has 0 unspecified atom stereocenters. The number of fused-ring (bicyclic) bond motifs is 1. The lowest BCUT2D eigenvalue weighted by molar-refractivity contribution is 0.588. The Bertz CT molecular complexity index is 948. The van der Waals surface area contributed by atoms with Gasteiger partial charge in [-0.15, -0.1) is 11.8 Å². The third-order valence-electron chi connectivity index (χ3n) is 3.35. The SMILES string of the molecule is CSc1cnc2c(c1)c(I)cn2S(=O)(=O)c1ccc(C)cc1. The van der Waals surface area contributed by atoms with E-state index in [0.29, 0.717) is 5.65 Å². The van der Waals surface area contributed by atoms with Gasteiger partial charge < -0.3 is 0 Å². The van der Waals surface area contributed by atoms with Crippen molar-refractivity contribution in [2.45, 2.75) is 16.7 Å². The first-order valence-corrected chi connectivity index (χ1v) is 10.2. The Hall–Kier alpha value is -1.06. The van der Waals surface area contributed by atoms with Gasteiger partial charge in [0.25, 0.3) is 10.0 Å². The Kier molecular flexibility index (Phi) is 4.21. The van der Waals surface area contributed by atoms with Crippen molar-refractivity contribution < 1.29 is 8.42 Å². The van der Waals surface area contributed by atoms with Crippen LogP contribution < -0.4 is 0 Å². The topological polar surface area (TPSA) is 52.0 Å². The molecule has 0 bridgehead atoms. The molecule has 0 aliphatic heterocycles. The second kappa shape index (κ2) is 5.86. The Balaban J connectivity index is 2.23. The summed E-state index contributed by atoms with van der Waals surface area (Å²) < 4.78 is 27.8. The van der Waals surface area contributed by atoms with Crippen molar-refractivity contribution in [2.75, 3.05) is 6.26 Å². The molecule has 1 aromatic carbocycles. The van der Waals surface area contributed by atoms with Gasteiger partial charge in [0.2, 0.25) is 0 Å². The Morgan fingerprint density at radius 3 is 2.55 bits per heavy atom. The minimum absolute atomic E-state index is 0.266. The number of hydrogen-bond donors (Lipinski definition) is 0. The van der Waals surface area contributed by atoms with Crippen molar-refractivity contribution in [3.63, 3.8) is 0 Å². The van der Waals surface area contributed by atoms with Gasteiger partial charge in [-0.25, -0.2) is 17.4 Å². The van der Waals surface area contributed by atoms with Gasteiger partial charge in [0, 0.05) is 26.2 Å². The minimum Gasteiger partial charge on any atom is -0.236 e. The highest BCUT2D eigenvalue weighted by molar-refractivity contribution is 14.1. The van der Waals surface area contributed by atoms with E-state index >= 15 is 0 Å². The van der Waals surface area contributed by atoms with Crippen molar-refractivity contribution in [1.29, 1.82) is 0 Å². The highest BCUT2D eigenvalue weighted by Gasteiger charge is 2.21. The molecule has 0 N–H and O–H groups in total. The van der Waals surface area contributed by atoms with Gasteiger partial charge >= 0.3 is 0 Å². The van der Waals surface area contributed by atoms with Crippen molar-refractivity contribution in [3.8, 4) is 0 Å². The van der Waals surface area contributed by atoms with Crippen molar-refractivity contribution in [1.82, 2.24) is 8.96 Å². The van der Waals surface area contributed by atoms with E-state index in [0.717, 1.165) is 19.4 Å². The molecule has 0 atom stereocenters. The highest BCUT2D eigenvalue weighted by atomic mass is 127. The molecule has 0 saturated heterocycles. The van der Waals surface area contributed by atoms with Crippen LogP contribution in [-0.2, 0) is 10.0 Å². The minimum atomic E-state index is -3.64. The first-order chi connectivity index (χ1) is 10.4. The van der Waals surface area contributed by atoms with E-state index in [2.05, 4.69) is 27.6 Å². The Morgan fingerprint density at radius 2 is 1.91 bits per heavy atom. The third-order valence-corrected chi connectivity index (χ3v) is 6.57. The van der Waals surface area contributed by atoms with Crippen LogP contribution in [0.15, 0.2) is 52.5 Å². The molecule has 0 fully saturated rings. The van der Waals surface area contributed by atoms with Crippen LogP contribution in [0.2, 0.25) is 0 Å². The predicted molar refractivity (Wildman–Crippen MR) is 98.0 cm³/mol. The zero-order valence-corrected chi connectivity index (χ0v) is 15.7. The van der Waals surface area contributed by atoms with Crippen LogP contribution in [0.5, 0.6) is 0 Å². The molecule has 2 heterocycles. The largest absolute Gasteiger partial charge is 0.269 e. The molecule has 22 heavy (non-hydrogen) atoms. The Labute approximate surface area is 147 Å². The monoisotopic (exact) mass is 444 g/mol. The maximum absolute atomic E-state index is 12.8. The van der Waals surface area contributed by atoms with E-state index in [9.17, 15) is 8.42 Å². The molecular formula is C15H13IN2O2S2. The molecule has 0 aliphatic carbocycles. The zero-order valence-electron chi connectivity index (χ0n) is 11.9. The highest BCUT2D eigenvalue weighted by Crippen LogP contribution is 2.28. The van der Waals surface area contributed by atoms with Gasteiger partial charge in [-0.05, 0) is 54.0 Å². The first-order valence-electron chi connectivity index (χ1n) is 6.46. The third kappa shape index (κ3) is 2.65. The summed E-state index contributed by atoms with van der Waals surface area (Å²) in [5, 5.41) is 0.850. The molecule has 0 radical (unpaired) electrons. The summed E-state index contributed by atoms with van der Waals surface area (Å²) in [6.07, 6.45) is 5.29. The van der Waals surface area contributed by atoms with Crippen molar-refractivity contribution in [3.05, 3.63) is 51.9 Å². The molecule has 4 nitrogen and oxygen atoms in total. The van der Waals surface area contributed by atoms with E-state index in [4.69, 9.17) is 0 Å². The fraction of sp³-hybridized carbons (Fsp3) is 0.133. The van der Waals surface area contributed by atoms with Crippen LogP contribution in [-0.4, -0.2) is 23.6 Å². The fourth-order valence-electron chi connectivity index (χ4n) is 2.14. The lowest BCUT2D eigenvalue weighted by Crippen LogP contribution is -2.12. The second-order valence-corrected chi connectivity index (χ2v) is 8.69. The number of hydrogen-bond acceptors (Lipinski definition) is 4. The smallest absolute Gasteiger partial charge is 0.236 e. The Morgan fingerprint density at radius 1 is 1.23 bits per heavy atom. The molecule has 0 aliphatic rings. The predicted octanol–water partition coefficient (Wildman–Crippen LogP) is 3.91. The van der Waals surface area contributed by atoms with Crippen LogP contribution in [0.4, 0.5) is 0 Å². The summed E-state index contributed by atoms with van der Waals surface area (Å²) in [6, 6.07) is 8.81. The van der Waals surface area contributed by atoms with E-state index in [1.807, 2.05) is 19.2 Å². The molecule has 0 saturated carbocycles. The van der Waals surface area contributed by atoms with Crippen molar-refractivity contribution >= 4 is 55.4 Å².